The first-order valence-corrected chi connectivity index (χ1v) is 5.44. The van der Waals surface area contributed by atoms with Gasteiger partial charge in [0.05, 0.1) is 13.2 Å². The lowest BCUT2D eigenvalue weighted by atomic mass is 9.62. The number of aliphatic hydroxyl groups excluding tert-OH is 1. The van der Waals surface area contributed by atoms with Crippen LogP contribution in [-0.2, 0) is 5.41 Å². The zero-order chi connectivity index (χ0) is 12.6. The Kier molecular flexibility index (Phi) is 3.05. The molecule has 0 aromatic heterocycles. The highest BCUT2D eigenvalue weighted by atomic mass is 19.1. The molecule has 0 radical (unpaired) electrons. The molecule has 2 rings (SSSR count). The van der Waals surface area contributed by atoms with Crippen molar-refractivity contribution in [3.63, 3.8) is 0 Å². The molecule has 3 nitrogen and oxygen atoms in total. The Morgan fingerprint density at radius 3 is 2.29 bits per heavy atom. The number of aliphatic hydroxyl groups is 1. The first kappa shape index (κ1) is 12.3. The lowest BCUT2D eigenvalue weighted by Crippen LogP contribution is -2.50. The molecule has 1 aromatic carbocycles. The van der Waals surface area contributed by atoms with Gasteiger partial charge in [0.15, 0.2) is 0 Å². The van der Waals surface area contributed by atoms with Gasteiger partial charge in [0.25, 0.3) is 0 Å². The van der Waals surface area contributed by atoms with Gasteiger partial charge in [0.2, 0.25) is 0 Å². The molecule has 1 aromatic rings. The second kappa shape index (κ2) is 4.23. The molecule has 0 spiro atoms. The van der Waals surface area contributed by atoms with Crippen molar-refractivity contribution in [2.75, 3.05) is 13.7 Å². The molecule has 0 unspecified atom stereocenters. The molecule has 0 saturated heterocycles. The highest BCUT2D eigenvalue weighted by Gasteiger charge is 2.47. The number of nitrogens with two attached hydrogens (primary N) is 1. The summed E-state index contributed by atoms with van der Waals surface area (Å²) in [5, 5.41) is 9.33. The van der Waals surface area contributed by atoms with Gasteiger partial charge in [-0.1, -0.05) is 0 Å². The number of hydrogen-bond acceptors (Lipinski definition) is 3. The molecule has 1 aliphatic rings. The molecule has 0 atom stereocenters. The van der Waals surface area contributed by atoms with Crippen molar-refractivity contribution in [2.45, 2.75) is 24.4 Å². The van der Waals surface area contributed by atoms with E-state index in [-0.39, 0.29) is 17.9 Å². The average molecular weight is 243 g/mol. The smallest absolute Gasteiger partial charge is 0.133 e. The molecule has 0 aliphatic heterocycles. The fourth-order valence-electron chi connectivity index (χ4n) is 2.49. The van der Waals surface area contributed by atoms with E-state index in [0.717, 1.165) is 12.1 Å². The lowest BCUT2D eigenvalue weighted by Gasteiger charge is -2.45. The predicted octanol–water partition coefficient (Wildman–Crippen LogP) is 1.32. The standard InChI is InChI=1S/C12H15F2NO2/c1-17-8-2-9(13)11(10(14)3-8)12(6-15)4-7(16)5-12/h2-3,7,16H,4-6,15H2,1H3. The monoisotopic (exact) mass is 243 g/mol. The Bertz CT molecular complexity index is 408. The maximum Gasteiger partial charge on any atom is 0.133 e. The van der Waals surface area contributed by atoms with E-state index in [9.17, 15) is 13.9 Å². The molecule has 5 heteroatoms. The summed E-state index contributed by atoms with van der Waals surface area (Å²) in [5.74, 6) is -1.20. The second-order valence-corrected chi connectivity index (χ2v) is 4.51. The summed E-state index contributed by atoms with van der Waals surface area (Å²) in [5.41, 5.74) is 4.78. The first-order valence-electron chi connectivity index (χ1n) is 5.44. The Hall–Kier alpha value is -1.20. The first-order chi connectivity index (χ1) is 8.02. The molecule has 0 amide bonds. The molecule has 1 fully saturated rings. The van der Waals surface area contributed by atoms with Crippen molar-refractivity contribution < 1.29 is 18.6 Å². The molecule has 0 heterocycles. The van der Waals surface area contributed by atoms with Gasteiger partial charge in [-0.2, -0.15) is 0 Å². The molecule has 0 bridgehead atoms. The third-order valence-corrected chi connectivity index (χ3v) is 3.43. The van der Waals surface area contributed by atoms with Crippen LogP contribution in [0.5, 0.6) is 5.75 Å². The summed E-state index contributed by atoms with van der Waals surface area (Å²) in [6.07, 6.45) is 0.0623. The Labute approximate surface area is 98.2 Å². The SMILES string of the molecule is COc1cc(F)c(C2(CN)CC(O)C2)c(F)c1. The van der Waals surface area contributed by atoms with Crippen molar-refractivity contribution in [3.8, 4) is 5.75 Å². The fourth-order valence-corrected chi connectivity index (χ4v) is 2.49. The van der Waals surface area contributed by atoms with E-state index in [1.54, 1.807) is 0 Å². The van der Waals surface area contributed by atoms with E-state index in [1.165, 1.54) is 7.11 Å². The third kappa shape index (κ3) is 1.89. The van der Waals surface area contributed by atoms with E-state index in [1.807, 2.05) is 0 Å². The minimum atomic E-state index is -0.778. The molecule has 1 aliphatic carbocycles. The van der Waals surface area contributed by atoms with Gasteiger partial charge in [-0.3, -0.25) is 0 Å². The highest BCUT2D eigenvalue weighted by Crippen LogP contribution is 2.45. The molecule has 94 valence electrons. The van der Waals surface area contributed by atoms with Crippen molar-refractivity contribution in [3.05, 3.63) is 29.3 Å². The van der Waals surface area contributed by atoms with Crippen LogP contribution in [-0.4, -0.2) is 24.9 Å². The van der Waals surface area contributed by atoms with Crippen LogP contribution in [0.15, 0.2) is 12.1 Å². The maximum atomic E-state index is 13.9. The van der Waals surface area contributed by atoms with Crippen LogP contribution < -0.4 is 10.5 Å². The van der Waals surface area contributed by atoms with E-state index >= 15 is 0 Å². The minimum Gasteiger partial charge on any atom is -0.497 e. The van der Waals surface area contributed by atoms with Crippen LogP contribution in [0.3, 0.4) is 0 Å². The van der Waals surface area contributed by atoms with Crippen LogP contribution in [0, 0.1) is 11.6 Å². The van der Waals surface area contributed by atoms with Gasteiger partial charge in [0.1, 0.15) is 17.4 Å². The lowest BCUT2D eigenvalue weighted by molar-refractivity contribution is 0.0187. The summed E-state index contributed by atoms with van der Waals surface area (Å²) in [6.45, 7) is 0.115. The number of hydrogen-bond donors (Lipinski definition) is 2. The van der Waals surface area contributed by atoms with Gasteiger partial charge in [-0.15, -0.1) is 0 Å². The average Bonchev–Trinajstić information content (AvgIpc) is 2.24. The van der Waals surface area contributed by atoms with E-state index < -0.39 is 23.2 Å². The van der Waals surface area contributed by atoms with Gasteiger partial charge in [-0.25, -0.2) is 8.78 Å². The number of rotatable bonds is 3. The van der Waals surface area contributed by atoms with E-state index in [2.05, 4.69) is 0 Å². The van der Waals surface area contributed by atoms with Crippen molar-refractivity contribution in [1.82, 2.24) is 0 Å². The zero-order valence-corrected chi connectivity index (χ0v) is 9.54. The number of halogens is 2. The maximum absolute atomic E-state index is 13.9. The molecule has 17 heavy (non-hydrogen) atoms. The zero-order valence-electron chi connectivity index (χ0n) is 9.54. The van der Waals surface area contributed by atoms with Crippen LogP contribution in [0.2, 0.25) is 0 Å². The number of methoxy groups -OCH3 is 1. The largest absolute Gasteiger partial charge is 0.497 e. The van der Waals surface area contributed by atoms with Crippen molar-refractivity contribution in [1.29, 1.82) is 0 Å². The summed E-state index contributed by atoms with van der Waals surface area (Å²) in [7, 11) is 1.35. The van der Waals surface area contributed by atoms with E-state index in [4.69, 9.17) is 10.5 Å². The van der Waals surface area contributed by atoms with Crippen LogP contribution >= 0.6 is 0 Å². The van der Waals surface area contributed by atoms with Crippen LogP contribution in [0.4, 0.5) is 8.78 Å². The second-order valence-electron chi connectivity index (χ2n) is 4.51. The molecule has 1 saturated carbocycles. The Morgan fingerprint density at radius 2 is 1.94 bits per heavy atom. The number of ether oxygens (including phenoxy) is 1. The van der Waals surface area contributed by atoms with Gasteiger partial charge < -0.3 is 15.6 Å². The van der Waals surface area contributed by atoms with Crippen LogP contribution in [0.1, 0.15) is 18.4 Å². The Morgan fingerprint density at radius 1 is 1.41 bits per heavy atom. The quantitative estimate of drug-likeness (QED) is 0.842. The van der Waals surface area contributed by atoms with Crippen molar-refractivity contribution >= 4 is 0 Å². The highest BCUT2D eigenvalue weighted by molar-refractivity contribution is 5.38. The molecular formula is C12H15F2NO2. The summed E-state index contributed by atoms with van der Waals surface area (Å²) in [6, 6.07) is 2.28. The third-order valence-electron chi connectivity index (χ3n) is 3.43. The van der Waals surface area contributed by atoms with Gasteiger partial charge in [0, 0.05) is 29.7 Å². The van der Waals surface area contributed by atoms with E-state index in [0.29, 0.717) is 12.8 Å². The number of benzene rings is 1. The predicted molar refractivity (Wildman–Crippen MR) is 58.9 cm³/mol. The normalized spacial score (nSPS) is 27.7. The summed E-state index contributed by atoms with van der Waals surface area (Å²) >= 11 is 0. The summed E-state index contributed by atoms with van der Waals surface area (Å²) < 4.78 is 32.5. The van der Waals surface area contributed by atoms with Crippen LogP contribution in [0.25, 0.3) is 0 Å². The fraction of sp³-hybridized carbons (Fsp3) is 0.500. The molecular weight excluding hydrogens is 228 g/mol. The Balaban J connectivity index is 2.45. The van der Waals surface area contributed by atoms with Gasteiger partial charge in [-0.05, 0) is 12.8 Å². The molecule has 3 N–H and O–H groups in total. The minimum absolute atomic E-state index is 0.0360. The van der Waals surface area contributed by atoms with Gasteiger partial charge >= 0.3 is 0 Å². The van der Waals surface area contributed by atoms with Crippen molar-refractivity contribution in [2.24, 2.45) is 5.73 Å². The summed E-state index contributed by atoms with van der Waals surface area (Å²) in [4.78, 5) is 0. The topological polar surface area (TPSA) is 55.5 Å².